The van der Waals surface area contributed by atoms with Gasteiger partial charge < -0.3 is 10.3 Å². The van der Waals surface area contributed by atoms with Crippen LogP contribution in [0.1, 0.15) is 25.3 Å². The highest BCUT2D eigenvalue weighted by Crippen LogP contribution is 2.28. The van der Waals surface area contributed by atoms with Crippen LogP contribution in [0.5, 0.6) is 0 Å². The van der Waals surface area contributed by atoms with Gasteiger partial charge in [0.1, 0.15) is 23.1 Å². The number of aromatic nitrogens is 4. The lowest BCUT2D eigenvalue weighted by Gasteiger charge is -2.15. The topological polar surface area (TPSA) is 107 Å². The van der Waals surface area contributed by atoms with Gasteiger partial charge in [-0.1, -0.05) is 11.6 Å². The van der Waals surface area contributed by atoms with Crippen LogP contribution in [-0.2, 0) is 4.79 Å². The number of ketones is 1. The van der Waals surface area contributed by atoms with Crippen LogP contribution >= 0.6 is 11.6 Å². The summed E-state index contributed by atoms with van der Waals surface area (Å²) in [6.07, 6.45) is -1.92. The molecule has 0 spiro atoms. The van der Waals surface area contributed by atoms with E-state index in [1.165, 1.54) is 19.3 Å². The third kappa shape index (κ3) is 4.81. The highest BCUT2D eigenvalue weighted by molar-refractivity contribution is 6.31. The third-order valence-electron chi connectivity index (χ3n) is 4.14. The first-order valence-corrected chi connectivity index (χ1v) is 8.82. The number of H-pyrrole nitrogens is 1. The summed E-state index contributed by atoms with van der Waals surface area (Å²) < 4.78 is 37.0. The monoisotopic (exact) mass is 422 g/mol. The van der Waals surface area contributed by atoms with E-state index in [1.54, 1.807) is 12.3 Å². The van der Waals surface area contributed by atoms with E-state index in [-0.39, 0.29) is 17.2 Å². The van der Waals surface area contributed by atoms with Crippen molar-refractivity contribution in [3.63, 3.8) is 0 Å². The molecule has 0 bridgehead atoms. The summed E-state index contributed by atoms with van der Waals surface area (Å²) in [5, 5.41) is 13.1. The lowest BCUT2D eigenvalue weighted by atomic mass is 10.1. The van der Waals surface area contributed by atoms with Crippen molar-refractivity contribution in [1.82, 2.24) is 19.9 Å². The maximum Gasteiger partial charge on any atom is 0.389 e. The molecule has 0 saturated heterocycles. The average Bonchev–Trinajstić information content (AvgIpc) is 3.08. The van der Waals surface area contributed by atoms with Crippen LogP contribution in [-0.4, -0.2) is 37.9 Å². The average molecular weight is 423 g/mol. The van der Waals surface area contributed by atoms with E-state index in [0.29, 0.717) is 21.6 Å². The molecular weight excluding hydrogens is 409 g/mol. The molecule has 7 nitrogen and oxygen atoms in total. The molecule has 2 N–H and O–H groups in total. The maximum atomic E-state index is 12.3. The highest BCUT2D eigenvalue weighted by Gasteiger charge is 2.29. The zero-order chi connectivity index (χ0) is 21.2. The summed E-state index contributed by atoms with van der Waals surface area (Å²) >= 11 is 5.99. The van der Waals surface area contributed by atoms with E-state index in [4.69, 9.17) is 11.6 Å². The molecule has 0 aliphatic rings. The van der Waals surface area contributed by atoms with Gasteiger partial charge in [0, 0.05) is 29.8 Å². The van der Waals surface area contributed by atoms with Crippen molar-refractivity contribution >= 4 is 34.2 Å². The fourth-order valence-electron chi connectivity index (χ4n) is 2.63. The Kier molecular flexibility index (Phi) is 5.70. The fourth-order valence-corrected chi connectivity index (χ4v) is 2.79. The van der Waals surface area contributed by atoms with Crippen molar-refractivity contribution in [1.29, 1.82) is 5.26 Å². The molecule has 3 rings (SSSR count). The second-order valence-corrected chi connectivity index (χ2v) is 6.70. The smallest absolute Gasteiger partial charge is 0.359 e. The molecule has 0 aliphatic heterocycles. The van der Waals surface area contributed by atoms with E-state index in [2.05, 4.69) is 25.3 Å². The molecule has 0 fully saturated rings. The molecule has 29 heavy (non-hydrogen) atoms. The number of anilines is 1. The van der Waals surface area contributed by atoms with Crippen LogP contribution in [0.15, 0.2) is 24.7 Å². The number of rotatable bonds is 6. The maximum absolute atomic E-state index is 12.3. The number of Topliss-reactive ketones (excluding diaryl/α,β-unsaturated/α-hetero) is 1. The van der Waals surface area contributed by atoms with Gasteiger partial charge in [-0.15, -0.1) is 0 Å². The molecule has 3 aromatic heterocycles. The number of hydrogen-bond donors (Lipinski definition) is 2. The number of pyridine rings is 1. The van der Waals surface area contributed by atoms with Crippen molar-refractivity contribution in [2.75, 3.05) is 5.32 Å². The molecule has 0 unspecified atom stereocenters. The lowest BCUT2D eigenvalue weighted by molar-refractivity contribution is -0.143. The first-order chi connectivity index (χ1) is 13.7. The molecule has 0 aliphatic carbocycles. The Hall–Kier alpha value is -3.19. The molecule has 0 radical (unpaired) electrons. The van der Waals surface area contributed by atoms with Crippen LogP contribution in [0.3, 0.4) is 0 Å². The first kappa shape index (κ1) is 20.5. The normalized spacial score (nSPS) is 12.6. The van der Waals surface area contributed by atoms with Crippen molar-refractivity contribution in [2.45, 2.75) is 32.0 Å². The minimum absolute atomic E-state index is 0.0506. The van der Waals surface area contributed by atoms with Crippen molar-refractivity contribution in [2.24, 2.45) is 0 Å². The van der Waals surface area contributed by atoms with E-state index in [1.807, 2.05) is 6.07 Å². The van der Waals surface area contributed by atoms with Crippen molar-refractivity contribution in [3.05, 3.63) is 35.2 Å². The standard InChI is InChI=1S/C18H14ClF3N6O/c1-9(14(29)2-3-18(20,21)22)27-15-10(5-23)6-24-17(28-15)13-8-26-16-12(13)4-11(19)7-25-16/h4,6-9H,2-3H2,1H3,(H,25,26)(H,24,27,28)/t9-/m0/s1. The summed E-state index contributed by atoms with van der Waals surface area (Å²) in [7, 11) is 0. The molecule has 1 atom stereocenters. The van der Waals surface area contributed by atoms with Crippen LogP contribution in [0.2, 0.25) is 5.02 Å². The van der Waals surface area contributed by atoms with Gasteiger partial charge in [0.2, 0.25) is 0 Å². The Bertz CT molecular complexity index is 1110. The van der Waals surface area contributed by atoms with Crippen LogP contribution < -0.4 is 5.32 Å². The zero-order valence-electron chi connectivity index (χ0n) is 15.0. The van der Waals surface area contributed by atoms with E-state index in [9.17, 15) is 23.2 Å². The molecule has 11 heteroatoms. The predicted molar refractivity (Wildman–Crippen MR) is 100 cm³/mol. The summed E-state index contributed by atoms with van der Waals surface area (Å²) in [4.78, 5) is 27.5. The van der Waals surface area contributed by atoms with Crippen molar-refractivity contribution < 1.29 is 18.0 Å². The second kappa shape index (κ2) is 8.05. The summed E-state index contributed by atoms with van der Waals surface area (Å²) in [5.74, 6) is -0.360. The minimum Gasteiger partial charge on any atom is -0.359 e. The number of carbonyl (C=O) groups is 1. The molecule has 0 aromatic carbocycles. The third-order valence-corrected chi connectivity index (χ3v) is 4.35. The summed E-state index contributed by atoms with van der Waals surface area (Å²) in [5.41, 5.74) is 1.18. The van der Waals surface area contributed by atoms with Crippen LogP contribution in [0.4, 0.5) is 19.0 Å². The molecule has 0 saturated carbocycles. The van der Waals surface area contributed by atoms with Gasteiger partial charge in [-0.05, 0) is 13.0 Å². The highest BCUT2D eigenvalue weighted by atomic mass is 35.5. The Balaban J connectivity index is 1.88. The van der Waals surface area contributed by atoms with Crippen molar-refractivity contribution in [3.8, 4) is 17.5 Å². The van der Waals surface area contributed by atoms with Crippen LogP contribution in [0.25, 0.3) is 22.4 Å². The number of aromatic amines is 1. The number of hydrogen-bond acceptors (Lipinski definition) is 6. The summed E-state index contributed by atoms with van der Waals surface area (Å²) in [6.45, 7) is 1.41. The number of nitrogens with zero attached hydrogens (tertiary/aromatic N) is 4. The predicted octanol–water partition coefficient (Wildman–Crippen LogP) is 4.26. The SMILES string of the molecule is C[C@H](Nc1nc(-c2c[nH]c3ncc(Cl)cc23)ncc1C#N)C(=O)CCC(F)(F)F. The second-order valence-electron chi connectivity index (χ2n) is 6.27. The number of nitriles is 1. The van der Waals surface area contributed by atoms with E-state index < -0.39 is 30.8 Å². The number of nitrogens with one attached hydrogen (secondary N) is 2. The number of fused-ring (bicyclic) bond motifs is 1. The van der Waals surface area contributed by atoms with Gasteiger partial charge in [-0.25, -0.2) is 15.0 Å². The first-order valence-electron chi connectivity index (χ1n) is 8.44. The molecule has 3 heterocycles. The molecule has 3 aromatic rings. The van der Waals surface area contributed by atoms with Gasteiger partial charge in [0.05, 0.1) is 23.7 Å². The number of halogens is 4. The number of alkyl halides is 3. The quantitative estimate of drug-likeness (QED) is 0.614. The van der Waals surface area contributed by atoms with Crippen LogP contribution in [0, 0.1) is 11.3 Å². The van der Waals surface area contributed by atoms with Gasteiger partial charge in [-0.2, -0.15) is 18.4 Å². The Labute approximate surface area is 167 Å². The molecular formula is C18H14ClF3N6O. The molecule has 150 valence electrons. The van der Waals surface area contributed by atoms with Gasteiger partial charge in [0.15, 0.2) is 11.6 Å². The summed E-state index contributed by atoms with van der Waals surface area (Å²) in [6, 6.07) is 2.60. The molecule has 0 amide bonds. The lowest BCUT2D eigenvalue weighted by Crippen LogP contribution is -2.28. The van der Waals surface area contributed by atoms with Gasteiger partial charge >= 0.3 is 6.18 Å². The fraction of sp³-hybridized carbons (Fsp3) is 0.278. The zero-order valence-corrected chi connectivity index (χ0v) is 15.8. The van der Waals surface area contributed by atoms with E-state index in [0.717, 1.165) is 0 Å². The Morgan fingerprint density at radius 3 is 2.83 bits per heavy atom. The number of carbonyl (C=O) groups excluding carboxylic acids is 1. The Morgan fingerprint density at radius 2 is 2.14 bits per heavy atom. The van der Waals surface area contributed by atoms with Gasteiger partial charge in [-0.3, -0.25) is 4.79 Å². The largest absolute Gasteiger partial charge is 0.389 e. The minimum atomic E-state index is -4.42. The van der Waals surface area contributed by atoms with E-state index >= 15 is 0 Å². The van der Waals surface area contributed by atoms with Gasteiger partial charge in [0.25, 0.3) is 0 Å². The Morgan fingerprint density at radius 1 is 1.38 bits per heavy atom.